The first-order chi connectivity index (χ1) is 8.02. The number of carbonyl (C=O) groups is 1. The van der Waals surface area contributed by atoms with Crippen LogP contribution in [0.2, 0.25) is 0 Å². The second-order valence-corrected chi connectivity index (χ2v) is 4.79. The Kier molecular flexibility index (Phi) is 3.15. The minimum absolute atomic E-state index is 0.000833. The Morgan fingerprint density at radius 2 is 2.18 bits per heavy atom. The number of nitrogens with zero attached hydrogens (tertiary/aromatic N) is 3. The molecule has 0 saturated heterocycles. The fraction of sp³-hybridized carbons (Fsp3) is 0.727. The number of carboxylic acids is 1. The molecule has 0 radical (unpaired) electrons. The fourth-order valence-electron chi connectivity index (χ4n) is 2.44. The van der Waals surface area contributed by atoms with E-state index < -0.39 is 12.1 Å². The monoisotopic (exact) mass is 239 g/mol. The predicted octanol–water partition coefficient (Wildman–Crippen LogP) is 1.19. The minimum Gasteiger partial charge on any atom is -0.476 e. The predicted molar refractivity (Wildman–Crippen MR) is 60.0 cm³/mol. The number of aromatic nitrogens is 3. The summed E-state index contributed by atoms with van der Waals surface area (Å²) < 4.78 is 1.60. The lowest BCUT2D eigenvalue weighted by molar-refractivity contribution is 0.0688. The summed E-state index contributed by atoms with van der Waals surface area (Å²) in [6.07, 6.45) is 2.05. The van der Waals surface area contributed by atoms with Crippen LogP contribution in [0.15, 0.2) is 0 Å². The van der Waals surface area contributed by atoms with Crippen LogP contribution in [0.25, 0.3) is 0 Å². The molecule has 94 valence electrons. The van der Waals surface area contributed by atoms with Gasteiger partial charge >= 0.3 is 5.97 Å². The van der Waals surface area contributed by atoms with Gasteiger partial charge < -0.3 is 10.2 Å². The molecular weight excluding hydrogens is 222 g/mol. The van der Waals surface area contributed by atoms with Crippen molar-refractivity contribution < 1.29 is 15.0 Å². The smallest absolute Gasteiger partial charge is 0.358 e. The lowest BCUT2D eigenvalue weighted by atomic mass is 10.1. The van der Waals surface area contributed by atoms with E-state index in [0.717, 1.165) is 19.3 Å². The summed E-state index contributed by atoms with van der Waals surface area (Å²) in [4.78, 5) is 11.1. The molecule has 1 aromatic heterocycles. The maximum atomic E-state index is 11.1. The zero-order valence-corrected chi connectivity index (χ0v) is 10.00. The highest BCUT2D eigenvalue weighted by molar-refractivity contribution is 5.86. The second kappa shape index (κ2) is 4.44. The number of aliphatic hydroxyl groups is 1. The topological polar surface area (TPSA) is 88.2 Å². The molecule has 0 bridgehead atoms. The van der Waals surface area contributed by atoms with E-state index in [2.05, 4.69) is 10.3 Å². The summed E-state index contributed by atoms with van der Waals surface area (Å²) in [7, 11) is 0. The van der Waals surface area contributed by atoms with Crippen molar-refractivity contribution >= 4 is 5.97 Å². The molecule has 17 heavy (non-hydrogen) atoms. The van der Waals surface area contributed by atoms with Crippen molar-refractivity contribution in [1.29, 1.82) is 0 Å². The van der Waals surface area contributed by atoms with Gasteiger partial charge in [-0.25, -0.2) is 9.48 Å². The average Bonchev–Trinajstić information content (AvgIpc) is 2.82. The minimum atomic E-state index is -1.06. The lowest BCUT2D eigenvalue weighted by Gasteiger charge is -2.18. The van der Waals surface area contributed by atoms with Crippen molar-refractivity contribution in [3.63, 3.8) is 0 Å². The molecule has 1 aromatic rings. The third-order valence-corrected chi connectivity index (χ3v) is 3.24. The van der Waals surface area contributed by atoms with Gasteiger partial charge in [0, 0.05) is 0 Å². The Morgan fingerprint density at radius 3 is 2.65 bits per heavy atom. The van der Waals surface area contributed by atoms with E-state index in [-0.39, 0.29) is 17.7 Å². The molecule has 1 aliphatic rings. The van der Waals surface area contributed by atoms with E-state index in [1.807, 2.05) is 13.8 Å². The van der Waals surface area contributed by atoms with E-state index in [4.69, 9.17) is 5.11 Å². The van der Waals surface area contributed by atoms with Crippen LogP contribution in [0.4, 0.5) is 0 Å². The Morgan fingerprint density at radius 1 is 1.47 bits per heavy atom. The third-order valence-electron chi connectivity index (χ3n) is 3.24. The fourth-order valence-corrected chi connectivity index (χ4v) is 2.44. The zero-order chi connectivity index (χ0) is 12.6. The molecular formula is C11H17N3O3. The number of hydrogen-bond donors (Lipinski definition) is 2. The molecule has 1 aliphatic carbocycles. The van der Waals surface area contributed by atoms with Crippen molar-refractivity contribution in [3.8, 4) is 0 Å². The van der Waals surface area contributed by atoms with Gasteiger partial charge in [-0.05, 0) is 25.2 Å². The zero-order valence-electron chi connectivity index (χ0n) is 10.00. The first-order valence-electron chi connectivity index (χ1n) is 5.88. The quantitative estimate of drug-likeness (QED) is 0.827. The summed E-state index contributed by atoms with van der Waals surface area (Å²) >= 11 is 0. The van der Waals surface area contributed by atoms with Crippen LogP contribution in [0.3, 0.4) is 0 Å². The van der Waals surface area contributed by atoms with Gasteiger partial charge in [-0.15, -0.1) is 5.10 Å². The highest BCUT2D eigenvalue weighted by Crippen LogP contribution is 2.32. The Hall–Kier alpha value is -1.43. The summed E-state index contributed by atoms with van der Waals surface area (Å²) in [5.74, 6) is -1.05. The molecule has 0 spiro atoms. The normalized spacial score (nSPS) is 24.5. The van der Waals surface area contributed by atoms with Crippen LogP contribution in [0, 0.1) is 0 Å². The van der Waals surface area contributed by atoms with Gasteiger partial charge in [0.05, 0.1) is 17.8 Å². The van der Waals surface area contributed by atoms with E-state index >= 15 is 0 Å². The van der Waals surface area contributed by atoms with Crippen LogP contribution >= 0.6 is 0 Å². The molecule has 2 atom stereocenters. The Bertz CT molecular complexity index is 428. The van der Waals surface area contributed by atoms with Gasteiger partial charge in [0.1, 0.15) is 0 Å². The number of carboxylic acid groups (broad SMARTS) is 1. The van der Waals surface area contributed by atoms with Crippen molar-refractivity contribution in [2.45, 2.75) is 51.2 Å². The number of rotatable bonds is 3. The highest BCUT2D eigenvalue weighted by Gasteiger charge is 2.32. The van der Waals surface area contributed by atoms with Crippen LogP contribution in [0.5, 0.6) is 0 Å². The van der Waals surface area contributed by atoms with Crippen LogP contribution < -0.4 is 0 Å². The molecule has 1 saturated carbocycles. The third kappa shape index (κ3) is 2.04. The van der Waals surface area contributed by atoms with Gasteiger partial charge in [-0.2, -0.15) is 0 Å². The maximum absolute atomic E-state index is 11.1. The molecule has 2 N–H and O–H groups in total. The largest absolute Gasteiger partial charge is 0.476 e. The number of aliphatic hydroxyl groups excluding tert-OH is 1. The molecule has 1 heterocycles. The van der Waals surface area contributed by atoms with E-state index in [1.165, 1.54) is 0 Å². The van der Waals surface area contributed by atoms with Gasteiger partial charge in [-0.3, -0.25) is 0 Å². The van der Waals surface area contributed by atoms with Crippen molar-refractivity contribution in [2.75, 3.05) is 0 Å². The van der Waals surface area contributed by atoms with E-state index in [9.17, 15) is 9.90 Å². The Balaban J connectivity index is 2.43. The van der Waals surface area contributed by atoms with Crippen LogP contribution in [0.1, 0.15) is 61.3 Å². The van der Waals surface area contributed by atoms with Crippen molar-refractivity contribution in [3.05, 3.63) is 11.4 Å². The summed E-state index contributed by atoms with van der Waals surface area (Å²) in [5, 5.41) is 26.6. The standard InChI is InChI=1S/C11H17N3O3/c1-6(2)10-9(11(16)17)12-13-14(10)7-4-3-5-8(7)15/h6-8,15H,3-5H2,1-2H3,(H,16,17). The van der Waals surface area contributed by atoms with Crippen molar-refractivity contribution in [1.82, 2.24) is 15.0 Å². The molecule has 2 unspecified atom stereocenters. The van der Waals surface area contributed by atoms with Gasteiger partial charge in [0.25, 0.3) is 0 Å². The summed E-state index contributed by atoms with van der Waals surface area (Å²) in [6, 6.07) is -0.131. The molecule has 6 heteroatoms. The van der Waals surface area contributed by atoms with E-state index in [1.54, 1.807) is 4.68 Å². The summed E-state index contributed by atoms with van der Waals surface area (Å²) in [5.41, 5.74) is 0.600. The second-order valence-electron chi connectivity index (χ2n) is 4.79. The lowest BCUT2D eigenvalue weighted by Crippen LogP contribution is -2.22. The van der Waals surface area contributed by atoms with Crippen LogP contribution in [-0.4, -0.2) is 37.3 Å². The van der Waals surface area contributed by atoms with Crippen molar-refractivity contribution in [2.24, 2.45) is 0 Å². The van der Waals surface area contributed by atoms with Gasteiger partial charge in [0.15, 0.2) is 5.69 Å². The maximum Gasteiger partial charge on any atom is 0.358 e. The first kappa shape index (κ1) is 12.0. The molecule has 1 fully saturated rings. The first-order valence-corrected chi connectivity index (χ1v) is 5.88. The van der Waals surface area contributed by atoms with Gasteiger partial charge in [-0.1, -0.05) is 19.1 Å². The molecule has 0 amide bonds. The Labute approximate surface area is 99.3 Å². The van der Waals surface area contributed by atoms with E-state index in [0.29, 0.717) is 5.69 Å². The SMILES string of the molecule is CC(C)c1c(C(=O)O)nnn1C1CCCC1O. The number of hydrogen-bond acceptors (Lipinski definition) is 4. The average molecular weight is 239 g/mol. The van der Waals surface area contributed by atoms with Crippen LogP contribution in [-0.2, 0) is 0 Å². The molecule has 2 rings (SSSR count). The summed E-state index contributed by atoms with van der Waals surface area (Å²) in [6.45, 7) is 3.81. The molecule has 0 aromatic carbocycles. The molecule has 0 aliphatic heterocycles. The van der Waals surface area contributed by atoms with Gasteiger partial charge in [0.2, 0.25) is 0 Å². The number of aromatic carboxylic acids is 1. The highest BCUT2D eigenvalue weighted by atomic mass is 16.4. The molecule has 6 nitrogen and oxygen atoms in total.